The third-order valence-corrected chi connectivity index (χ3v) is 4.64. The zero-order valence-electron chi connectivity index (χ0n) is 10.7. The second kappa shape index (κ2) is 5.11. The van der Waals surface area contributed by atoms with Crippen LogP contribution in [0.25, 0.3) is 11.1 Å². The van der Waals surface area contributed by atoms with Crippen molar-refractivity contribution in [1.82, 2.24) is 4.31 Å². The van der Waals surface area contributed by atoms with E-state index in [1.165, 1.54) is 30.5 Å². The third kappa shape index (κ3) is 2.83. The lowest BCUT2D eigenvalue weighted by molar-refractivity contribution is 0.521. The van der Waals surface area contributed by atoms with Crippen molar-refractivity contribution in [2.45, 2.75) is 4.90 Å². The van der Waals surface area contributed by atoms with Gasteiger partial charge in [-0.05, 0) is 35.4 Å². The van der Waals surface area contributed by atoms with Gasteiger partial charge in [-0.1, -0.05) is 24.3 Å². The summed E-state index contributed by atoms with van der Waals surface area (Å²) in [6.45, 7) is 0. The Balaban J connectivity index is 2.36. The van der Waals surface area contributed by atoms with Crippen LogP contribution in [0.5, 0.6) is 0 Å². The van der Waals surface area contributed by atoms with Crippen LogP contribution in [0, 0.1) is 5.82 Å². The Morgan fingerprint density at radius 3 is 1.68 bits per heavy atom. The normalized spacial score (nSPS) is 11.8. The molecule has 2 rings (SSSR count). The molecule has 3 nitrogen and oxygen atoms in total. The van der Waals surface area contributed by atoms with Crippen LogP contribution < -0.4 is 0 Å². The first-order valence-corrected chi connectivity index (χ1v) is 7.14. The van der Waals surface area contributed by atoms with E-state index in [-0.39, 0.29) is 10.7 Å². The molecule has 0 aliphatic heterocycles. The SMILES string of the molecule is CN(C)S(=O)(=O)c1ccc(-c2ccc(F)cc2)cc1. The largest absolute Gasteiger partial charge is 0.242 e. The highest BCUT2D eigenvalue weighted by Gasteiger charge is 2.16. The lowest BCUT2D eigenvalue weighted by Crippen LogP contribution is -2.22. The van der Waals surface area contributed by atoms with Gasteiger partial charge in [0.1, 0.15) is 5.82 Å². The summed E-state index contributed by atoms with van der Waals surface area (Å²) in [7, 11) is -0.431. The molecule has 0 bridgehead atoms. The quantitative estimate of drug-likeness (QED) is 0.866. The molecule has 2 aromatic rings. The number of halogens is 1. The molecule has 0 unspecified atom stereocenters. The van der Waals surface area contributed by atoms with Crippen molar-refractivity contribution in [3.8, 4) is 11.1 Å². The number of rotatable bonds is 3. The predicted octanol–water partition coefficient (Wildman–Crippen LogP) is 2.74. The average Bonchev–Trinajstić information content (AvgIpc) is 2.39. The van der Waals surface area contributed by atoms with Gasteiger partial charge >= 0.3 is 0 Å². The molecule has 0 aromatic heterocycles. The Morgan fingerprint density at radius 1 is 0.842 bits per heavy atom. The van der Waals surface area contributed by atoms with E-state index in [1.807, 2.05) is 0 Å². The topological polar surface area (TPSA) is 37.4 Å². The van der Waals surface area contributed by atoms with Crippen molar-refractivity contribution >= 4 is 10.0 Å². The summed E-state index contributed by atoms with van der Waals surface area (Å²) in [4.78, 5) is 0.239. The Kier molecular flexibility index (Phi) is 3.68. The summed E-state index contributed by atoms with van der Waals surface area (Å²) in [6.07, 6.45) is 0. The van der Waals surface area contributed by atoms with Gasteiger partial charge in [0.2, 0.25) is 10.0 Å². The van der Waals surface area contributed by atoms with E-state index in [2.05, 4.69) is 0 Å². The predicted molar refractivity (Wildman–Crippen MR) is 72.7 cm³/mol. The van der Waals surface area contributed by atoms with Crippen molar-refractivity contribution < 1.29 is 12.8 Å². The number of nitrogens with zero attached hydrogens (tertiary/aromatic N) is 1. The Hall–Kier alpha value is -1.72. The van der Waals surface area contributed by atoms with Gasteiger partial charge in [-0.3, -0.25) is 0 Å². The monoisotopic (exact) mass is 279 g/mol. The van der Waals surface area contributed by atoms with Gasteiger partial charge in [0.05, 0.1) is 4.90 Å². The molecule has 0 amide bonds. The zero-order valence-corrected chi connectivity index (χ0v) is 11.5. The van der Waals surface area contributed by atoms with Crippen LogP contribution in [0.4, 0.5) is 4.39 Å². The van der Waals surface area contributed by atoms with E-state index in [1.54, 1.807) is 36.4 Å². The molecule has 0 aliphatic carbocycles. The highest BCUT2D eigenvalue weighted by molar-refractivity contribution is 7.89. The molecule has 100 valence electrons. The maximum atomic E-state index is 12.8. The Labute approximate surface area is 112 Å². The van der Waals surface area contributed by atoms with Crippen molar-refractivity contribution in [3.63, 3.8) is 0 Å². The van der Waals surface area contributed by atoms with E-state index in [0.717, 1.165) is 11.1 Å². The summed E-state index contributed by atoms with van der Waals surface area (Å²) in [5, 5.41) is 0. The van der Waals surface area contributed by atoms with Gasteiger partial charge in [-0.15, -0.1) is 0 Å². The minimum absolute atomic E-state index is 0.239. The summed E-state index contributed by atoms with van der Waals surface area (Å²) >= 11 is 0. The fourth-order valence-electron chi connectivity index (χ4n) is 1.67. The molecule has 0 N–H and O–H groups in total. The molecule has 0 saturated carbocycles. The van der Waals surface area contributed by atoms with Crippen LogP contribution in [0.1, 0.15) is 0 Å². The molecule has 0 fully saturated rings. The van der Waals surface area contributed by atoms with Gasteiger partial charge in [0.25, 0.3) is 0 Å². The minimum atomic E-state index is -3.41. The molecule has 0 spiro atoms. The number of hydrogen-bond donors (Lipinski definition) is 0. The maximum Gasteiger partial charge on any atom is 0.242 e. The third-order valence-electron chi connectivity index (χ3n) is 2.81. The smallest absolute Gasteiger partial charge is 0.207 e. The number of hydrogen-bond acceptors (Lipinski definition) is 2. The van der Waals surface area contributed by atoms with Gasteiger partial charge in [-0.2, -0.15) is 0 Å². The van der Waals surface area contributed by atoms with Gasteiger partial charge < -0.3 is 0 Å². The summed E-state index contributed by atoms with van der Waals surface area (Å²) in [6, 6.07) is 12.6. The molecule has 0 atom stereocenters. The molecule has 2 aromatic carbocycles. The molecular weight excluding hydrogens is 265 g/mol. The second-order valence-corrected chi connectivity index (χ2v) is 6.47. The average molecular weight is 279 g/mol. The molecule has 0 heterocycles. The molecule has 0 saturated heterocycles. The maximum absolute atomic E-state index is 12.8. The first-order valence-electron chi connectivity index (χ1n) is 5.70. The highest BCUT2D eigenvalue weighted by Crippen LogP contribution is 2.22. The molecule has 5 heteroatoms. The van der Waals surface area contributed by atoms with Crippen molar-refractivity contribution in [3.05, 3.63) is 54.3 Å². The van der Waals surface area contributed by atoms with E-state index in [9.17, 15) is 12.8 Å². The summed E-state index contributed by atoms with van der Waals surface area (Å²) in [5.74, 6) is -0.296. The minimum Gasteiger partial charge on any atom is -0.207 e. The van der Waals surface area contributed by atoms with Crippen LogP contribution in [0.3, 0.4) is 0 Å². The summed E-state index contributed by atoms with van der Waals surface area (Å²) in [5.41, 5.74) is 1.69. The van der Waals surface area contributed by atoms with Crippen LogP contribution >= 0.6 is 0 Å². The fourth-order valence-corrected chi connectivity index (χ4v) is 2.57. The first kappa shape index (κ1) is 13.7. The Bertz CT molecular complexity index is 662. The van der Waals surface area contributed by atoms with E-state index in [0.29, 0.717) is 0 Å². The second-order valence-electron chi connectivity index (χ2n) is 4.32. The fraction of sp³-hybridized carbons (Fsp3) is 0.143. The first-order chi connectivity index (χ1) is 8.91. The number of sulfonamides is 1. The van der Waals surface area contributed by atoms with Crippen LogP contribution in [-0.2, 0) is 10.0 Å². The lowest BCUT2D eigenvalue weighted by Gasteiger charge is -2.11. The molecule has 0 aliphatic rings. The highest BCUT2D eigenvalue weighted by atomic mass is 32.2. The van der Waals surface area contributed by atoms with Crippen LogP contribution in [0.15, 0.2) is 53.4 Å². The van der Waals surface area contributed by atoms with Crippen LogP contribution in [-0.4, -0.2) is 26.8 Å². The van der Waals surface area contributed by atoms with E-state index < -0.39 is 10.0 Å². The van der Waals surface area contributed by atoms with Crippen molar-refractivity contribution in [1.29, 1.82) is 0 Å². The van der Waals surface area contributed by atoms with Gasteiger partial charge in [0, 0.05) is 14.1 Å². The van der Waals surface area contributed by atoms with Gasteiger partial charge in [-0.25, -0.2) is 17.1 Å². The standard InChI is InChI=1S/C14H14FNO2S/c1-16(2)19(17,18)14-9-5-12(6-10-14)11-3-7-13(15)8-4-11/h3-10H,1-2H3. The van der Waals surface area contributed by atoms with Crippen LogP contribution in [0.2, 0.25) is 0 Å². The molecule has 19 heavy (non-hydrogen) atoms. The van der Waals surface area contributed by atoms with Gasteiger partial charge in [0.15, 0.2) is 0 Å². The number of benzene rings is 2. The van der Waals surface area contributed by atoms with E-state index in [4.69, 9.17) is 0 Å². The van der Waals surface area contributed by atoms with Crippen molar-refractivity contribution in [2.75, 3.05) is 14.1 Å². The zero-order chi connectivity index (χ0) is 14.0. The molecule has 0 radical (unpaired) electrons. The summed E-state index contributed by atoms with van der Waals surface area (Å²) < 4.78 is 37.8. The Morgan fingerprint density at radius 2 is 1.26 bits per heavy atom. The molecular formula is C14H14FNO2S. The van der Waals surface area contributed by atoms with Crippen molar-refractivity contribution in [2.24, 2.45) is 0 Å². The lowest BCUT2D eigenvalue weighted by atomic mass is 10.1. The van der Waals surface area contributed by atoms with E-state index >= 15 is 0 Å².